The molecule has 8 nitrogen and oxygen atoms in total. The highest BCUT2D eigenvalue weighted by molar-refractivity contribution is 5.80. The maximum Gasteiger partial charge on any atom is 0.408 e. The first-order chi connectivity index (χ1) is 7.11. The van der Waals surface area contributed by atoms with Gasteiger partial charge in [0.15, 0.2) is 0 Å². The number of aliphatic carboxylic acids is 1. The van der Waals surface area contributed by atoms with Crippen LogP contribution < -0.4 is 5.32 Å². The zero-order valence-corrected chi connectivity index (χ0v) is 7.79. The van der Waals surface area contributed by atoms with E-state index in [1.165, 1.54) is 6.08 Å². The minimum atomic E-state index is -1.31. The van der Waals surface area contributed by atoms with Gasteiger partial charge in [0.1, 0.15) is 12.6 Å². The molecule has 0 aliphatic heterocycles. The topological polar surface area (TPSA) is 124 Å². The Bertz CT molecular complexity index is 297. The fraction of sp³-hybridized carbons (Fsp3) is 0.429. The van der Waals surface area contributed by atoms with Gasteiger partial charge in [0.25, 0.3) is 0 Å². The zero-order chi connectivity index (χ0) is 11.7. The Balaban J connectivity index is 4.15. The second-order valence-corrected chi connectivity index (χ2v) is 2.34. The molecule has 0 aliphatic rings. The molecule has 0 aliphatic carbocycles. The van der Waals surface area contributed by atoms with Crippen LogP contribution in [0.15, 0.2) is 17.8 Å². The molecule has 15 heavy (non-hydrogen) atoms. The maximum absolute atomic E-state index is 10.9. The molecule has 0 saturated heterocycles. The number of hydrogen-bond donors (Lipinski definition) is 2. The fourth-order valence-corrected chi connectivity index (χ4v) is 0.622. The molecule has 82 valence electrons. The zero-order valence-electron chi connectivity index (χ0n) is 7.79. The molecule has 2 N–H and O–H groups in total. The van der Waals surface area contributed by atoms with Gasteiger partial charge in [0.05, 0.1) is 6.54 Å². The van der Waals surface area contributed by atoms with Gasteiger partial charge in [-0.3, -0.25) is 0 Å². The second kappa shape index (κ2) is 7.22. The van der Waals surface area contributed by atoms with Crippen molar-refractivity contribution in [3.8, 4) is 0 Å². The number of ether oxygens (including phenoxy) is 1. The van der Waals surface area contributed by atoms with Gasteiger partial charge < -0.3 is 15.2 Å². The van der Waals surface area contributed by atoms with Gasteiger partial charge in [-0.25, -0.2) is 9.59 Å². The third kappa shape index (κ3) is 5.94. The largest absolute Gasteiger partial charge is 0.480 e. The standard InChI is InChI=1S/C7H10N4O4/c1-2-3-15-7(14)10-5(6(12)13)4-9-11-8/h2,5H,1,3-4H2,(H,10,14)(H,12,13). The molecule has 0 fully saturated rings. The van der Waals surface area contributed by atoms with Crippen LogP contribution in [0.3, 0.4) is 0 Å². The Hall–Kier alpha value is -2.21. The number of carbonyl (C=O) groups is 2. The summed E-state index contributed by atoms with van der Waals surface area (Å²) >= 11 is 0. The van der Waals surface area contributed by atoms with Crippen molar-refractivity contribution in [1.29, 1.82) is 0 Å². The molecule has 1 unspecified atom stereocenters. The lowest BCUT2D eigenvalue weighted by Crippen LogP contribution is -2.43. The number of carbonyl (C=O) groups excluding carboxylic acids is 1. The number of nitrogens with zero attached hydrogens (tertiary/aromatic N) is 3. The molecule has 0 rings (SSSR count). The molecule has 0 aromatic heterocycles. The van der Waals surface area contributed by atoms with Crippen LogP contribution in [0.1, 0.15) is 0 Å². The summed E-state index contributed by atoms with van der Waals surface area (Å²) in [6.07, 6.45) is 0.429. The molecule has 0 radical (unpaired) electrons. The quantitative estimate of drug-likeness (QED) is 0.291. The Labute approximate surface area is 85.2 Å². The van der Waals surface area contributed by atoms with Crippen molar-refractivity contribution in [3.63, 3.8) is 0 Å². The van der Waals surface area contributed by atoms with Crippen LogP contribution in [0.4, 0.5) is 4.79 Å². The van der Waals surface area contributed by atoms with E-state index in [1.54, 1.807) is 0 Å². The van der Waals surface area contributed by atoms with E-state index in [1.807, 2.05) is 5.32 Å². The van der Waals surface area contributed by atoms with Crippen molar-refractivity contribution in [2.24, 2.45) is 5.11 Å². The molecule has 0 aromatic carbocycles. The molecule has 0 spiro atoms. The Kier molecular flexibility index (Phi) is 6.15. The number of carboxylic acid groups (broad SMARTS) is 1. The highest BCUT2D eigenvalue weighted by atomic mass is 16.5. The van der Waals surface area contributed by atoms with Crippen LogP contribution in [0.2, 0.25) is 0 Å². The molecule has 0 heterocycles. The lowest BCUT2D eigenvalue weighted by atomic mass is 10.3. The number of carboxylic acids is 1. The molecule has 8 heteroatoms. The molecular weight excluding hydrogens is 204 g/mol. The lowest BCUT2D eigenvalue weighted by Gasteiger charge is -2.11. The molecule has 1 atom stereocenters. The normalized spacial score (nSPS) is 10.7. The van der Waals surface area contributed by atoms with Crippen LogP contribution in [0.25, 0.3) is 10.4 Å². The number of amides is 1. The second-order valence-electron chi connectivity index (χ2n) is 2.34. The van der Waals surface area contributed by atoms with Crippen LogP contribution in [0.5, 0.6) is 0 Å². The molecule has 1 amide bonds. The monoisotopic (exact) mass is 214 g/mol. The molecule has 0 saturated carbocycles. The van der Waals surface area contributed by atoms with E-state index in [2.05, 4.69) is 21.3 Å². The van der Waals surface area contributed by atoms with E-state index < -0.39 is 18.1 Å². The third-order valence-electron chi connectivity index (χ3n) is 1.25. The number of nitrogens with one attached hydrogen (secondary N) is 1. The minimum absolute atomic E-state index is 0.0281. The third-order valence-corrected chi connectivity index (χ3v) is 1.25. The summed E-state index contributed by atoms with van der Waals surface area (Å²) in [5.74, 6) is -1.31. The first-order valence-electron chi connectivity index (χ1n) is 3.89. The summed E-state index contributed by atoms with van der Waals surface area (Å²) in [5.41, 5.74) is 7.98. The van der Waals surface area contributed by atoms with Gasteiger partial charge in [-0.1, -0.05) is 17.8 Å². The highest BCUT2D eigenvalue weighted by Gasteiger charge is 2.19. The Morgan fingerprint density at radius 3 is 2.87 bits per heavy atom. The highest BCUT2D eigenvalue weighted by Crippen LogP contribution is 1.89. The number of hydrogen-bond acceptors (Lipinski definition) is 4. The molecule has 0 aromatic rings. The van der Waals surface area contributed by atoms with Crippen LogP contribution in [0, 0.1) is 0 Å². The average Bonchev–Trinajstić information content (AvgIpc) is 2.20. The first-order valence-corrected chi connectivity index (χ1v) is 3.89. The van der Waals surface area contributed by atoms with Crippen molar-refractivity contribution in [2.75, 3.05) is 13.2 Å². The van der Waals surface area contributed by atoms with E-state index in [0.29, 0.717) is 0 Å². The average molecular weight is 214 g/mol. The predicted octanol–water partition coefficient (Wildman–Crippen LogP) is 0.662. The Morgan fingerprint density at radius 2 is 2.40 bits per heavy atom. The SMILES string of the molecule is C=CCOC(=O)NC(CN=[N+]=[N-])C(=O)O. The summed E-state index contributed by atoms with van der Waals surface area (Å²) in [4.78, 5) is 23.8. The van der Waals surface area contributed by atoms with E-state index in [-0.39, 0.29) is 13.2 Å². The first kappa shape index (κ1) is 12.8. The van der Waals surface area contributed by atoms with Crippen LogP contribution >= 0.6 is 0 Å². The van der Waals surface area contributed by atoms with Gasteiger partial charge in [0, 0.05) is 4.91 Å². The van der Waals surface area contributed by atoms with Crippen molar-refractivity contribution in [2.45, 2.75) is 6.04 Å². The lowest BCUT2D eigenvalue weighted by molar-refractivity contribution is -0.139. The van der Waals surface area contributed by atoms with Gasteiger partial charge in [-0.15, -0.1) is 0 Å². The number of alkyl carbamates (subject to hydrolysis) is 1. The fourth-order valence-electron chi connectivity index (χ4n) is 0.622. The molecular formula is C7H10N4O4. The van der Waals surface area contributed by atoms with Crippen LogP contribution in [-0.4, -0.2) is 36.4 Å². The minimum Gasteiger partial charge on any atom is -0.480 e. The van der Waals surface area contributed by atoms with Gasteiger partial charge in [-0.2, -0.15) is 0 Å². The van der Waals surface area contributed by atoms with E-state index in [9.17, 15) is 9.59 Å². The van der Waals surface area contributed by atoms with Gasteiger partial charge >= 0.3 is 12.1 Å². The summed E-state index contributed by atoms with van der Waals surface area (Å²) < 4.78 is 4.49. The van der Waals surface area contributed by atoms with Crippen molar-refractivity contribution in [3.05, 3.63) is 23.1 Å². The molecule has 0 bridgehead atoms. The van der Waals surface area contributed by atoms with Gasteiger partial charge in [0.2, 0.25) is 0 Å². The number of rotatable bonds is 6. The van der Waals surface area contributed by atoms with Crippen molar-refractivity contribution < 1.29 is 19.4 Å². The summed E-state index contributed by atoms with van der Waals surface area (Å²) in [6, 6.07) is -1.29. The van der Waals surface area contributed by atoms with Crippen LogP contribution in [-0.2, 0) is 9.53 Å². The van der Waals surface area contributed by atoms with Gasteiger partial charge in [-0.05, 0) is 5.53 Å². The van der Waals surface area contributed by atoms with Crippen molar-refractivity contribution >= 4 is 12.1 Å². The maximum atomic E-state index is 10.9. The smallest absolute Gasteiger partial charge is 0.408 e. The van der Waals surface area contributed by atoms with E-state index in [0.717, 1.165) is 0 Å². The summed E-state index contributed by atoms with van der Waals surface area (Å²) in [5, 5.41) is 13.6. The summed E-state index contributed by atoms with van der Waals surface area (Å²) in [6.45, 7) is 2.90. The Morgan fingerprint density at radius 1 is 1.73 bits per heavy atom. The number of azide groups is 1. The predicted molar refractivity (Wildman–Crippen MR) is 50.1 cm³/mol. The van der Waals surface area contributed by atoms with E-state index in [4.69, 9.17) is 10.6 Å². The summed E-state index contributed by atoms with van der Waals surface area (Å²) in [7, 11) is 0. The van der Waals surface area contributed by atoms with E-state index >= 15 is 0 Å². The van der Waals surface area contributed by atoms with Crippen molar-refractivity contribution in [1.82, 2.24) is 5.32 Å².